The molecule has 1 aromatic heterocycles. The second-order valence-electron chi connectivity index (χ2n) is 7.91. The molecule has 3 aromatic carbocycles. The highest BCUT2D eigenvalue weighted by Gasteiger charge is 2.23. The Bertz CT molecular complexity index is 1300. The standard InChI is InChI=1S/C26H22FNO3/c1-17-25-20(15-28(16-30-25)12-11-18-7-9-21(27)10-8-18)13-23-22(14-24(29)31-26(17)23)19-5-3-2-4-6-19/h2-10,13-14H,11-12,15-16H2,1H3. The van der Waals surface area contributed by atoms with Gasteiger partial charge in [0.1, 0.15) is 23.9 Å². The number of rotatable bonds is 4. The van der Waals surface area contributed by atoms with Crippen LogP contribution in [0.1, 0.15) is 16.7 Å². The molecule has 0 unspecified atom stereocenters. The van der Waals surface area contributed by atoms with E-state index in [1.807, 2.05) is 49.4 Å². The highest BCUT2D eigenvalue weighted by Crippen LogP contribution is 2.38. The summed E-state index contributed by atoms with van der Waals surface area (Å²) in [4.78, 5) is 14.5. The molecule has 5 rings (SSSR count). The van der Waals surface area contributed by atoms with E-state index in [0.29, 0.717) is 12.3 Å². The Hall–Kier alpha value is -3.44. The van der Waals surface area contributed by atoms with Gasteiger partial charge in [0.05, 0.1) is 0 Å². The first-order valence-corrected chi connectivity index (χ1v) is 10.3. The van der Waals surface area contributed by atoms with Gasteiger partial charge >= 0.3 is 5.63 Å². The largest absolute Gasteiger partial charge is 0.477 e. The summed E-state index contributed by atoms with van der Waals surface area (Å²) in [5.41, 5.74) is 5.05. The van der Waals surface area contributed by atoms with Crippen molar-refractivity contribution in [1.82, 2.24) is 4.90 Å². The summed E-state index contributed by atoms with van der Waals surface area (Å²) < 4.78 is 24.8. The average Bonchev–Trinajstić information content (AvgIpc) is 2.79. The minimum Gasteiger partial charge on any atom is -0.477 e. The molecule has 0 fully saturated rings. The third-order valence-electron chi connectivity index (χ3n) is 5.79. The fourth-order valence-corrected chi connectivity index (χ4v) is 4.21. The lowest BCUT2D eigenvalue weighted by atomic mass is 9.97. The van der Waals surface area contributed by atoms with Crippen LogP contribution in [-0.2, 0) is 13.0 Å². The van der Waals surface area contributed by atoms with Gasteiger partial charge in [0, 0.05) is 35.7 Å². The first-order chi connectivity index (χ1) is 15.1. The number of ether oxygens (including phenoxy) is 1. The van der Waals surface area contributed by atoms with Gasteiger partial charge in [-0.2, -0.15) is 0 Å². The Morgan fingerprint density at radius 1 is 1.03 bits per heavy atom. The monoisotopic (exact) mass is 415 g/mol. The molecule has 0 bridgehead atoms. The zero-order valence-electron chi connectivity index (χ0n) is 17.2. The van der Waals surface area contributed by atoms with Crippen LogP contribution in [0.15, 0.2) is 75.9 Å². The van der Waals surface area contributed by atoms with Gasteiger partial charge in [-0.25, -0.2) is 9.18 Å². The zero-order chi connectivity index (χ0) is 21.4. The molecule has 0 spiro atoms. The first-order valence-electron chi connectivity index (χ1n) is 10.3. The summed E-state index contributed by atoms with van der Waals surface area (Å²) in [6.07, 6.45) is 0.815. The molecule has 0 radical (unpaired) electrons. The van der Waals surface area contributed by atoms with Crippen LogP contribution in [0.5, 0.6) is 5.75 Å². The molecule has 4 nitrogen and oxygen atoms in total. The van der Waals surface area contributed by atoms with Crippen molar-refractivity contribution >= 4 is 11.0 Å². The van der Waals surface area contributed by atoms with Gasteiger partial charge < -0.3 is 9.15 Å². The summed E-state index contributed by atoms with van der Waals surface area (Å²) >= 11 is 0. The SMILES string of the molecule is Cc1c2c(cc3c(-c4ccccc4)cc(=O)oc13)CN(CCc1ccc(F)cc1)CO2. The summed E-state index contributed by atoms with van der Waals surface area (Å²) in [6.45, 7) is 3.94. The lowest BCUT2D eigenvalue weighted by Crippen LogP contribution is -2.34. The van der Waals surface area contributed by atoms with Crippen molar-refractivity contribution in [1.29, 1.82) is 0 Å². The van der Waals surface area contributed by atoms with E-state index in [0.717, 1.165) is 58.5 Å². The molecule has 0 saturated heterocycles. The number of benzene rings is 3. The van der Waals surface area contributed by atoms with Gasteiger partial charge in [-0.3, -0.25) is 4.90 Å². The quantitative estimate of drug-likeness (QED) is 0.424. The fourth-order valence-electron chi connectivity index (χ4n) is 4.21. The highest BCUT2D eigenvalue weighted by molar-refractivity contribution is 5.96. The first kappa shape index (κ1) is 19.5. The summed E-state index contributed by atoms with van der Waals surface area (Å²) in [6, 6.07) is 20.1. The number of halogens is 1. The van der Waals surface area contributed by atoms with E-state index in [1.54, 1.807) is 6.07 Å². The van der Waals surface area contributed by atoms with Crippen LogP contribution >= 0.6 is 0 Å². The predicted octanol–water partition coefficient (Wildman–Crippen LogP) is 5.30. The van der Waals surface area contributed by atoms with Gasteiger partial charge in [0.15, 0.2) is 0 Å². The van der Waals surface area contributed by atoms with Crippen LogP contribution in [0.25, 0.3) is 22.1 Å². The number of nitrogens with zero attached hydrogens (tertiary/aromatic N) is 1. The summed E-state index contributed by atoms with van der Waals surface area (Å²) in [5.74, 6) is 0.570. The van der Waals surface area contributed by atoms with Crippen molar-refractivity contribution < 1.29 is 13.5 Å². The molecule has 5 heteroatoms. The molecular formula is C26H22FNO3. The van der Waals surface area contributed by atoms with E-state index in [2.05, 4.69) is 11.0 Å². The Kier molecular flexibility index (Phi) is 5.04. The van der Waals surface area contributed by atoms with Crippen molar-refractivity contribution in [2.45, 2.75) is 19.9 Å². The Morgan fingerprint density at radius 2 is 1.81 bits per heavy atom. The summed E-state index contributed by atoms with van der Waals surface area (Å²) in [5, 5.41) is 0.908. The number of fused-ring (bicyclic) bond motifs is 2. The van der Waals surface area contributed by atoms with E-state index in [1.165, 1.54) is 12.1 Å². The van der Waals surface area contributed by atoms with E-state index in [-0.39, 0.29) is 11.4 Å². The van der Waals surface area contributed by atoms with Crippen LogP contribution in [-0.4, -0.2) is 18.2 Å². The highest BCUT2D eigenvalue weighted by atomic mass is 19.1. The molecule has 4 aromatic rings. The lowest BCUT2D eigenvalue weighted by Gasteiger charge is -2.30. The minimum atomic E-state index is -0.369. The van der Waals surface area contributed by atoms with E-state index in [9.17, 15) is 9.18 Å². The fraction of sp³-hybridized carbons (Fsp3) is 0.192. The van der Waals surface area contributed by atoms with Crippen molar-refractivity contribution in [3.05, 3.63) is 99.7 Å². The topological polar surface area (TPSA) is 42.7 Å². The maximum atomic E-state index is 13.1. The van der Waals surface area contributed by atoms with Crippen LogP contribution in [0, 0.1) is 12.7 Å². The van der Waals surface area contributed by atoms with Gasteiger partial charge in [0.25, 0.3) is 0 Å². The van der Waals surface area contributed by atoms with Crippen LogP contribution in [0.2, 0.25) is 0 Å². The molecule has 0 saturated carbocycles. The second-order valence-corrected chi connectivity index (χ2v) is 7.91. The van der Waals surface area contributed by atoms with Crippen molar-refractivity contribution in [3.63, 3.8) is 0 Å². The van der Waals surface area contributed by atoms with Gasteiger partial charge in [-0.05, 0) is 48.2 Å². The van der Waals surface area contributed by atoms with E-state index < -0.39 is 0 Å². The Morgan fingerprint density at radius 3 is 2.58 bits per heavy atom. The smallest absolute Gasteiger partial charge is 0.336 e. The third-order valence-corrected chi connectivity index (χ3v) is 5.79. The Labute approximate surface area is 179 Å². The molecule has 1 aliphatic heterocycles. The van der Waals surface area contributed by atoms with E-state index in [4.69, 9.17) is 9.15 Å². The van der Waals surface area contributed by atoms with Crippen LogP contribution in [0.4, 0.5) is 4.39 Å². The summed E-state index contributed by atoms with van der Waals surface area (Å²) in [7, 11) is 0. The molecule has 1 aliphatic rings. The van der Waals surface area contributed by atoms with Gasteiger partial charge in [0.2, 0.25) is 0 Å². The minimum absolute atomic E-state index is 0.220. The molecular weight excluding hydrogens is 393 g/mol. The average molecular weight is 415 g/mol. The molecule has 156 valence electrons. The molecule has 0 amide bonds. The van der Waals surface area contributed by atoms with Crippen molar-refractivity contribution in [2.24, 2.45) is 0 Å². The van der Waals surface area contributed by atoms with Crippen LogP contribution < -0.4 is 10.4 Å². The molecule has 0 atom stereocenters. The predicted molar refractivity (Wildman–Crippen MR) is 119 cm³/mol. The molecule has 0 N–H and O–H groups in total. The normalized spacial score (nSPS) is 13.7. The molecule has 2 heterocycles. The third kappa shape index (κ3) is 3.84. The number of aryl methyl sites for hydroxylation is 1. The van der Waals surface area contributed by atoms with Crippen molar-refractivity contribution in [2.75, 3.05) is 13.3 Å². The maximum absolute atomic E-state index is 13.1. The lowest BCUT2D eigenvalue weighted by molar-refractivity contribution is 0.0959. The molecule has 0 aliphatic carbocycles. The Balaban J connectivity index is 1.49. The number of hydrogen-bond donors (Lipinski definition) is 0. The van der Waals surface area contributed by atoms with Crippen molar-refractivity contribution in [3.8, 4) is 16.9 Å². The van der Waals surface area contributed by atoms with E-state index >= 15 is 0 Å². The zero-order valence-corrected chi connectivity index (χ0v) is 17.2. The molecule has 31 heavy (non-hydrogen) atoms. The number of hydrogen-bond acceptors (Lipinski definition) is 4. The maximum Gasteiger partial charge on any atom is 0.336 e. The van der Waals surface area contributed by atoms with Gasteiger partial charge in [-0.1, -0.05) is 42.5 Å². The second kappa shape index (κ2) is 8.00. The van der Waals surface area contributed by atoms with Crippen LogP contribution in [0.3, 0.4) is 0 Å². The van der Waals surface area contributed by atoms with Gasteiger partial charge in [-0.15, -0.1) is 0 Å².